The molecular formula is C14H14N4O. The number of nitrogens with one attached hydrogen (secondary N) is 1. The number of amides is 1. The van der Waals surface area contributed by atoms with Gasteiger partial charge in [-0.3, -0.25) is 4.79 Å². The van der Waals surface area contributed by atoms with E-state index in [-0.39, 0.29) is 5.91 Å². The van der Waals surface area contributed by atoms with Crippen molar-refractivity contribution < 1.29 is 4.79 Å². The van der Waals surface area contributed by atoms with Crippen molar-refractivity contribution >= 4 is 16.9 Å². The van der Waals surface area contributed by atoms with Gasteiger partial charge in [-0.1, -0.05) is 0 Å². The van der Waals surface area contributed by atoms with E-state index in [2.05, 4.69) is 16.0 Å². The zero-order valence-corrected chi connectivity index (χ0v) is 10.5. The minimum Gasteiger partial charge on any atom is -0.346 e. The average Bonchev–Trinajstić information content (AvgIpc) is 2.94. The molecule has 1 N–H and O–H groups in total. The number of aromatic amines is 1. The molecule has 0 radical (unpaired) electrons. The fraction of sp³-hybridized carbons (Fsp3) is 0.357. The van der Waals surface area contributed by atoms with Gasteiger partial charge >= 0.3 is 0 Å². The molecule has 1 amide bonds. The Bertz CT molecular complexity index is 662. The molecule has 1 fully saturated rings. The number of fused-ring (bicyclic) bond motifs is 1. The quantitative estimate of drug-likeness (QED) is 0.846. The summed E-state index contributed by atoms with van der Waals surface area (Å²) in [7, 11) is 0. The molecule has 0 atom stereocenters. The van der Waals surface area contributed by atoms with E-state index >= 15 is 0 Å². The zero-order chi connectivity index (χ0) is 13.2. The van der Waals surface area contributed by atoms with Gasteiger partial charge in [0.1, 0.15) is 11.7 Å². The normalized spacial score (nSPS) is 15.4. The van der Waals surface area contributed by atoms with Gasteiger partial charge in [-0.05, 0) is 25.3 Å². The minimum atomic E-state index is -0.0770. The van der Waals surface area contributed by atoms with Crippen LogP contribution < -0.4 is 0 Å². The predicted molar refractivity (Wildman–Crippen MR) is 70.6 cm³/mol. The number of likely N-dealkylation sites (tertiary alicyclic amines) is 1. The summed E-state index contributed by atoms with van der Waals surface area (Å²) >= 11 is 0. The van der Waals surface area contributed by atoms with E-state index < -0.39 is 0 Å². The highest BCUT2D eigenvalue weighted by Gasteiger charge is 2.22. The van der Waals surface area contributed by atoms with Crippen LogP contribution in [0.3, 0.4) is 0 Å². The van der Waals surface area contributed by atoms with E-state index in [0.29, 0.717) is 22.2 Å². The SMILES string of the molecule is N#Cc1c(C(=O)N2CCCCC2)cnc2[nH]ccc12. The Hall–Kier alpha value is -2.35. The molecule has 5 nitrogen and oxygen atoms in total. The highest BCUT2D eigenvalue weighted by molar-refractivity contribution is 6.01. The van der Waals surface area contributed by atoms with Crippen molar-refractivity contribution in [3.63, 3.8) is 0 Å². The molecule has 3 heterocycles. The summed E-state index contributed by atoms with van der Waals surface area (Å²) in [5.74, 6) is -0.0770. The van der Waals surface area contributed by atoms with Crippen LogP contribution in [0.4, 0.5) is 0 Å². The highest BCUT2D eigenvalue weighted by atomic mass is 16.2. The number of nitrogens with zero attached hydrogens (tertiary/aromatic N) is 3. The Morgan fingerprint density at radius 3 is 2.89 bits per heavy atom. The fourth-order valence-electron chi connectivity index (χ4n) is 2.56. The van der Waals surface area contributed by atoms with Gasteiger partial charge in [0.25, 0.3) is 5.91 Å². The molecule has 2 aromatic rings. The lowest BCUT2D eigenvalue weighted by molar-refractivity contribution is 0.0724. The Morgan fingerprint density at radius 1 is 1.37 bits per heavy atom. The van der Waals surface area contributed by atoms with Crippen LogP contribution in [0.25, 0.3) is 11.0 Å². The topological polar surface area (TPSA) is 72.8 Å². The summed E-state index contributed by atoms with van der Waals surface area (Å²) in [6, 6.07) is 3.92. The number of piperidine rings is 1. The van der Waals surface area contributed by atoms with Gasteiger partial charge in [0.05, 0.1) is 11.1 Å². The van der Waals surface area contributed by atoms with Crippen LogP contribution in [0.15, 0.2) is 18.5 Å². The lowest BCUT2D eigenvalue weighted by Gasteiger charge is -2.26. The van der Waals surface area contributed by atoms with Crippen molar-refractivity contribution in [2.45, 2.75) is 19.3 Å². The smallest absolute Gasteiger partial charge is 0.256 e. The number of hydrogen-bond donors (Lipinski definition) is 1. The minimum absolute atomic E-state index is 0.0770. The number of rotatable bonds is 1. The third-order valence-electron chi connectivity index (χ3n) is 3.57. The first-order chi connectivity index (χ1) is 9.31. The second-order valence-electron chi connectivity index (χ2n) is 4.75. The van der Waals surface area contributed by atoms with Crippen molar-refractivity contribution in [3.05, 3.63) is 29.6 Å². The largest absolute Gasteiger partial charge is 0.346 e. The monoisotopic (exact) mass is 254 g/mol. The Labute approximate surface area is 110 Å². The van der Waals surface area contributed by atoms with Crippen molar-refractivity contribution in [1.82, 2.24) is 14.9 Å². The van der Waals surface area contributed by atoms with Crippen LogP contribution >= 0.6 is 0 Å². The van der Waals surface area contributed by atoms with E-state index in [1.807, 2.05) is 4.90 Å². The summed E-state index contributed by atoms with van der Waals surface area (Å²) in [5, 5.41) is 10.0. The van der Waals surface area contributed by atoms with E-state index in [4.69, 9.17) is 0 Å². The number of nitriles is 1. The summed E-state index contributed by atoms with van der Waals surface area (Å²) in [6.45, 7) is 1.55. The van der Waals surface area contributed by atoms with Gasteiger partial charge in [-0.15, -0.1) is 0 Å². The van der Waals surface area contributed by atoms with Gasteiger partial charge < -0.3 is 9.88 Å². The number of aromatic nitrogens is 2. The molecule has 2 aromatic heterocycles. The third-order valence-corrected chi connectivity index (χ3v) is 3.57. The van der Waals surface area contributed by atoms with Crippen LogP contribution in [0.5, 0.6) is 0 Å². The van der Waals surface area contributed by atoms with Gasteiger partial charge in [-0.25, -0.2) is 4.98 Å². The van der Waals surface area contributed by atoms with Gasteiger partial charge in [0.15, 0.2) is 0 Å². The molecule has 0 spiro atoms. The van der Waals surface area contributed by atoms with Crippen molar-refractivity contribution in [2.24, 2.45) is 0 Å². The van der Waals surface area contributed by atoms with Crippen LogP contribution in [0.1, 0.15) is 35.2 Å². The lowest BCUT2D eigenvalue weighted by atomic mass is 10.0. The molecule has 1 saturated heterocycles. The number of carbonyl (C=O) groups excluding carboxylic acids is 1. The fourth-order valence-corrected chi connectivity index (χ4v) is 2.56. The number of carbonyl (C=O) groups is 1. The molecular weight excluding hydrogens is 240 g/mol. The molecule has 19 heavy (non-hydrogen) atoms. The number of H-pyrrole nitrogens is 1. The van der Waals surface area contributed by atoms with Crippen molar-refractivity contribution in [1.29, 1.82) is 5.26 Å². The van der Waals surface area contributed by atoms with E-state index in [1.165, 1.54) is 12.6 Å². The zero-order valence-electron chi connectivity index (χ0n) is 10.5. The first-order valence-electron chi connectivity index (χ1n) is 6.46. The molecule has 0 aliphatic carbocycles. The molecule has 1 aliphatic rings. The molecule has 0 bridgehead atoms. The third kappa shape index (κ3) is 1.95. The molecule has 0 saturated carbocycles. The predicted octanol–water partition coefficient (Wildman–Crippen LogP) is 2.06. The summed E-state index contributed by atoms with van der Waals surface area (Å²) < 4.78 is 0. The first kappa shape index (κ1) is 11.7. The molecule has 3 rings (SSSR count). The Morgan fingerprint density at radius 2 is 2.16 bits per heavy atom. The second kappa shape index (κ2) is 4.73. The molecule has 1 aliphatic heterocycles. The van der Waals surface area contributed by atoms with Gasteiger partial charge in [0, 0.05) is 30.9 Å². The van der Waals surface area contributed by atoms with Crippen LogP contribution in [-0.4, -0.2) is 33.9 Å². The van der Waals surface area contributed by atoms with Crippen LogP contribution in [-0.2, 0) is 0 Å². The van der Waals surface area contributed by atoms with Gasteiger partial charge in [0.2, 0.25) is 0 Å². The highest BCUT2D eigenvalue weighted by Crippen LogP contribution is 2.21. The maximum absolute atomic E-state index is 12.5. The maximum atomic E-state index is 12.5. The summed E-state index contributed by atoms with van der Waals surface area (Å²) in [6.07, 6.45) is 6.48. The number of pyridine rings is 1. The van der Waals surface area contributed by atoms with E-state index in [0.717, 1.165) is 25.9 Å². The first-order valence-corrected chi connectivity index (χ1v) is 6.46. The molecule has 0 aromatic carbocycles. The molecule has 96 valence electrons. The number of hydrogen-bond acceptors (Lipinski definition) is 3. The van der Waals surface area contributed by atoms with E-state index in [9.17, 15) is 10.1 Å². The Kier molecular flexibility index (Phi) is 2.92. The lowest BCUT2D eigenvalue weighted by Crippen LogP contribution is -2.36. The maximum Gasteiger partial charge on any atom is 0.256 e. The second-order valence-corrected chi connectivity index (χ2v) is 4.75. The van der Waals surface area contributed by atoms with Gasteiger partial charge in [-0.2, -0.15) is 5.26 Å². The van der Waals surface area contributed by atoms with Crippen molar-refractivity contribution in [2.75, 3.05) is 13.1 Å². The summed E-state index contributed by atoms with van der Waals surface area (Å²) in [5.41, 5.74) is 1.48. The summed E-state index contributed by atoms with van der Waals surface area (Å²) in [4.78, 5) is 21.5. The molecule has 5 heteroatoms. The average molecular weight is 254 g/mol. The van der Waals surface area contributed by atoms with Crippen molar-refractivity contribution in [3.8, 4) is 6.07 Å². The van der Waals surface area contributed by atoms with Crippen LogP contribution in [0, 0.1) is 11.3 Å². The molecule has 0 unspecified atom stereocenters. The standard InChI is InChI=1S/C14H14N4O/c15-8-11-10-4-5-16-13(10)17-9-12(11)14(19)18-6-2-1-3-7-18/h4-5,9H,1-3,6-7H2,(H,16,17). The van der Waals surface area contributed by atoms with Crippen LogP contribution in [0.2, 0.25) is 0 Å². The Balaban J connectivity index is 2.04. The van der Waals surface area contributed by atoms with E-state index in [1.54, 1.807) is 12.3 Å².